The molecule has 3 heterocycles. The highest BCUT2D eigenvalue weighted by molar-refractivity contribution is 7.89. The average Bonchev–Trinajstić information content (AvgIpc) is 3.21. The van der Waals surface area contributed by atoms with Crippen LogP contribution >= 0.6 is 11.6 Å². The number of amides is 1. The summed E-state index contributed by atoms with van der Waals surface area (Å²) in [7, 11) is -3.48. The molecule has 0 aliphatic carbocycles. The molecule has 1 aliphatic heterocycles. The summed E-state index contributed by atoms with van der Waals surface area (Å²) in [6.45, 7) is 3.72. The Labute approximate surface area is 198 Å². The van der Waals surface area contributed by atoms with Crippen molar-refractivity contribution in [3.05, 3.63) is 71.1 Å². The molecule has 0 bridgehead atoms. The van der Waals surface area contributed by atoms with E-state index in [1.807, 2.05) is 24.3 Å². The zero-order valence-electron chi connectivity index (χ0n) is 18.2. The summed E-state index contributed by atoms with van der Waals surface area (Å²) >= 11 is 6.04. The molecule has 174 valence electrons. The standard InChI is InChI=1S/C22H25ClN6O3S/c1-17-20(16-26-29(17)19-6-4-5-18(23)15-19)22(30)25-9-14-33(31,32)28-12-10-27(11-13-28)21-7-2-3-8-24-21/h2-8,15-16H,9-14H2,1H3,(H,25,30). The van der Waals surface area contributed by atoms with Gasteiger partial charge in [-0.3, -0.25) is 4.79 Å². The highest BCUT2D eigenvalue weighted by Gasteiger charge is 2.27. The van der Waals surface area contributed by atoms with E-state index in [0.29, 0.717) is 42.5 Å². The number of carbonyl (C=O) groups is 1. The number of hydrogen-bond donors (Lipinski definition) is 1. The fourth-order valence-corrected chi connectivity index (χ4v) is 5.28. The number of carbonyl (C=O) groups excluding carboxylic acids is 1. The lowest BCUT2D eigenvalue weighted by molar-refractivity contribution is 0.0955. The topological polar surface area (TPSA) is 100 Å². The molecule has 9 nitrogen and oxygen atoms in total. The van der Waals surface area contributed by atoms with E-state index in [0.717, 1.165) is 11.5 Å². The van der Waals surface area contributed by atoms with E-state index in [4.69, 9.17) is 11.6 Å². The lowest BCUT2D eigenvalue weighted by atomic mass is 10.2. The number of benzene rings is 1. The normalized spacial score (nSPS) is 14.9. The van der Waals surface area contributed by atoms with Crippen molar-refractivity contribution in [2.75, 3.05) is 43.4 Å². The Balaban J connectivity index is 1.31. The van der Waals surface area contributed by atoms with Gasteiger partial charge >= 0.3 is 0 Å². The Morgan fingerprint density at radius 1 is 1.12 bits per heavy atom. The number of nitrogens with zero attached hydrogens (tertiary/aromatic N) is 5. The first-order chi connectivity index (χ1) is 15.8. The van der Waals surface area contributed by atoms with Gasteiger partial charge in [-0.15, -0.1) is 0 Å². The molecule has 0 spiro atoms. The largest absolute Gasteiger partial charge is 0.354 e. The minimum atomic E-state index is -3.48. The summed E-state index contributed by atoms with van der Waals surface area (Å²) in [5, 5.41) is 7.54. The fraction of sp³-hybridized carbons (Fsp3) is 0.318. The number of aromatic nitrogens is 3. The molecule has 1 fully saturated rings. The zero-order chi connectivity index (χ0) is 23.4. The van der Waals surface area contributed by atoms with Gasteiger partial charge in [-0.25, -0.2) is 18.1 Å². The number of hydrogen-bond acceptors (Lipinski definition) is 6. The van der Waals surface area contributed by atoms with E-state index in [1.54, 1.807) is 36.0 Å². The highest BCUT2D eigenvalue weighted by Crippen LogP contribution is 2.18. The van der Waals surface area contributed by atoms with Crippen LogP contribution in [-0.2, 0) is 10.0 Å². The van der Waals surface area contributed by atoms with E-state index in [2.05, 4.69) is 20.3 Å². The van der Waals surface area contributed by atoms with Crippen molar-refractivity contribution >= 4 is 33.3 Å². The predicted octanol–water partition coefficient (Wildman–Crippen LogP) is 2.11. The van der Waals surface area contributed by atoms with Gasteiger partial charge in [-0.1, -0.05) is 23.7 Å². The molecule has 11 heteroatoms. The summed E-state index contributed by atoms with van der Waals surface area (Å²) in [5.41, 5.74) is 1.77. The van der Waals surface area contributed by atoms with E-state index < -0.39 is 10.0 Å². The SMILES string of the molecule is Cc1c(C(=O)NCCS(=O)(=O)N2CCN(c3ccccn3)CC2)cnn1-c1cccc(Cl)c1. The second kappa shape index (κ2) is 9.90. The monoisotopic (exact) mass is 488 g/mol. The third kappa shape index (κ3) is 5.35. The number of anilines is 1. The van der Waals surface area contributed by atoms with E-state index >= 15 is 0 Å². The molecular weight excluding hydrogens is 464 g/mol. The van der Waals surface area contributed by atoms with Crippen LogP contribution in [0.2, 0.25) is 5.02 Å². The summed E-state index contributed by atoms with van der Waals surface area (Å²) in [5.74, 6) is 0.315. The highest BCUT2D eigenvalue weighted by atomic mass is 35.5. The van der Waals surface area contributed by atoms with Crippen LogP contribution in [-0.4, -0.2) is 71.9 Å². The Bertz CT molecular complexity index is 1220. The van der Waals surface area contributed by atoms with Gasteiger partial charge in [0.1, 0.15) is 5.82 Å². The molecule has 1 N–H and O–H groups in total. The van der Waals surface area contributed by atoms with Crippen molar-refractivity contribution < 1.29 is 13.2 Å². The lowest BCUT2D eigenvalue weighted by Crippen LogP contribution is -2.50. The minimum Gasteiger partial charge on any atom is -0.354 e. The Morgan fingerprint density at radius 3 is 2.61 bits per heavy atom. The maximum atomic E-state index is 12.7. The average molecular weight is 489 g/mol. The zero-order valence-corrected chi connectivity index (χ0v) is 19.8. The number of halogens is 1. The molecule has 0 saturated carbocycles. The van der Waals surface area contributed by atoms with Crippen molar-refractivity contribution in [1.82, 2.24) is 24.4 Å². The summed E-state index contributed by atoms with van der Waals surface area (Å²) < 4.78 is 28.6. The maximum absolute atomic E-state index is 12.7. The van der Waals surface area contributed by atoms with Crippen LogP contribution in [0.5, 0.6) is 0 Å². The first-order valence-electron chi connectivity index (χ1n) is 10.6. The van der Waals surface area contributed by atoms with Gasteiger partial charge in [0.15, 0.2) is 0 Å². The Morgan fingerprint density at radius 2 is 1.91 bits per heavy atom. The minimum absolute atomic E-state index is 0.0173. The van der Waals surface area contributed by atoms with E-state index in [9.17, 15) is 13.2 Å². The summed E-state index contributed by atoms with van der Waals surface area (Å²) in [4.78, 5) is 19.0. The van der Waals surface area contributed by atoms with Crippen molar-refractivity contribution in [3.63, 3.8) is 0 Å². The van der Waals surface area contributed by atoms with Crippen molar-refractivity contribution in [3.8, 4) is 5.69 Å². The number of rotatable bonds is 7. The smallest absolute Gasteiger partial charge is 0.254 e. The van der Waals surface area contributed by atoms with E-state index in [-0.39, 0.29) is 18.2 Å². The van der Waals surface area contributed by atoms with Gasteiger partial charge in [0.2, 0.25) is 10.0 Å². The molecular formula is C22H25ClN6O3S. The van der Waals surface area contributed by atoms with Crippen LogP contribution in [0.25, 0.3) is 5.69 Å². The second-order valence-corrected chi connectivity index (χ2v) is 10.2. The number of piperazine rings is 1. The molecule has 4 rings (SSSR count). The third-order valence-corrected chi connectivity index (χ3v) is 7.67. The number of pyridine rings is 1. The van der Waals surface area contributed by atoms with Gasteiger partial charge in [-0.2, -0.15) is 9.40 Å². The van der Waals surface area contributed by atoms with Crippen LogP contribution in [0.3, 0.4) is 0 Å². The van der Waals surface area contributed by atoms with Crippen LogP contribution < -0.4 is 10.2 Å². The molecule has 1 amide bonds. The molecule has 33 heavy (non-hydrogen) atoms. The van der Waals surface area contributed by atoms with Gasteiger partial charge in [-0.05, 0) is 37.3 Å². The molecule has 1 aromatic carbocycles. The molecule has 0 atom stereocenters. The molecule has 2 aromatic heterocycles. The van der Waals surface area contributed by atoms with Gasteiger partial charge in [0.05, 0.1) is 28.9 Å². The van der Waals surface area contributed by atoms with E-state index in [1.165, 1.54) is 10.5 Å². The quantitative estimate of drug-likeness (QED) is 0.546. The number of nitrogens with one attached hydrogen (secondary N) is 1. The number of sulfonamides is 1. The second-order valence-electron chi connectivity index (χ2n) is 7.68. The Hall–Kier alpha value is -2.95. The Kier molecular flexibility index (Phi) is 6.96. The summed E-state index contributed by atoms with van der Waals surface area (Å²) in [6, 6.07) is 12.8. The van der Waals surface area contributed by atoms with Crippen LogP contribution in [0.4, 0.5) is 5.82 Å². The van der Waals surface area contributed by atoms with Crippen LogP contribution in [0.1, 0.15) is 16.1 Å². The maximum Gasteiger partial charge on any atom is 0.254 e. The molecule has 0 unspecified atom stereocenters. The first-order valence-corrected chi connectivity index (χ1v) is 12.6. The van der Waals surface area contributed by atoms with Gasteiger partial charge in [0, 0.05) is 43.9 Å². The molecule has 1 saturated heterocycles. The van der Waals surface area contributed by atoms with Crippen LogP contribution in [0, 0.1) is 6.92 Å². The molecule has 1 aliphatic rings. The summed E-state index contributed by atoms with van der Waals surface area (Å²) in [6.07, 6.45) is 3.19. The van der Waals surface area contributed by atoms with Crippen molar-refractivity contribution in [1.29, 1.82) is 0 Å². The first kappa shape index (κ1) is 23.2. The van der Waals surface area contributed by atoms with Crippen molar-refractivity contribution in [2.45, 2.75) is 6.92 Å². The van der Waals surface area contributed by atoms with Gasteiger partial charge in [0.25, 0.3) is 5.91 Å². The molecule has 3 aromatic rings. The van der Waals surface area contributed by atoms with Gasteiger partial charge < -0.3 is 10.2 Å². The van der Waals surface area contributed by atoms with Crippen molar-refractivity contribution in [2.24, 2.45) is 0 Å². The third-order valence-electron chi connectivity index (χ3n) is 5.56. The van der Waals surface area contributed by atoms with Crippen LogP contribution in [0.15, 0.2) is 54.9 Å². The fourth-order valence-electron chi connectivity index (χ4n) is 3.75. The molecule has 0 radical (unpaired) electrons. The lowest BCUT2D eigenvalue weighted by Gasteiger charge is -2.34. The predicted molar refractivity (Wildman–Crippen MR) is 127 cm³/mol.